The van der Waals surface area contributed by atoms with Crippen molar-refractivity contribution in [3.63, 3.8) is 0 Å². The van der Waals surface area contributed by atoms with Crippen LogP contribution in [0.4, 0.5) is 17.2 Å². The van der Waals surface area contributed by atoms with Gasteiger partial charge in [0, 0.05) is 17.6 Å². The minimum absolute atomic E-state index is 0.700. The van der Waals surface area contributed by atoms with Crippen molar-refractivity contribution in [2.24, 2.45) is 10.2 Å². The Morgan fingerprint density at radius 3 is 3.05 bits per heavy atom. The van der Waals surface area contributed by atoms with Gasteiger partial charge in [0.1, 0.15) is 0 Å². The zero-order valence-corrected chi connectivity index (χ0v) is 12.2. The van der Waals surface area contributed by atoms with Crippen LogP contribution in [0, 0.1) is 0 Å². The summed E-state index contributed by atoms with van der Waals surface area (Å²) in [6.45, 7) is 1.05. The fourth-order valence-electron chi connectivity index (χ4n) is 2.57. The van der Waals surface area contributed by atoms with Crippen molar-refractivity contribution in [1.82, 2.24) is 4.37 Å². The van der Waals surface area contributed by atoms with E-state index < -0.39 is 0 Å². The molecule has 0 saturated heterocycles. The standard InChI is InChI=1S/C16H14N4S/c1-2-6-15-13(5-1)16(20-21-15)19-18-12-7-8-14-11(10-12)4-3-9-17-14/h1-2,5-8,10,17H,3-4,9H2. The Bertz CT molecular complexity index is 822. The number of fused-ring (bicyclic) bond motifs is 2. The second-order valence-electron chi connectivity index (χ2n) is 5.07. The minimum atomic E-state index is 0.700. The molecule has 0 aliphatic carbocycles. The lowest BCUT2D eigenvalue weighted by molar-refractivity contribution is 0.830. The maximum absolute atomic E-state index is 4.37. The number of aryl methyl sites for hydroxylation is 1. The van der Waals surface area contributed by atoms with Crippen LogP contribution >= 0.6 is 11.5 Å². The smallest absolute Gasteiger partial charge is 0.195 e. The van der Waals surface area contributed by atoms with Crippen LogP contribution in [-0.4, -0.2) is 10.9 Å². The number of anilines is 1. The average molecular weight is 294 g/mol. The summed E-state index contributed by atoms with van der Waals surface area (Å²) < 4.78 is 5.51. The third-order valence-corrected chi connectivity index (χ3v) is 4.46. The zero-order chi connectivity index (χ0) is 14.1. The molecule has 0 saturated carbocycles. The Morgan fingerprint density at radius 2 is 2.05 bits per heavy atom. The largest absolute Gasteiger partial charge is 0.385 e. The number of hydrogen-bond donors (Lipinski definition) is 1. The molecular weight excluding hydrogens is 280 g/mol. The Hall–Kier alpha value is -2.27. The Balaban J connectivity index is 1.66. The molecule has 0 spiro atoms. The van der Waals surface area contributed by atoms with Crippen LogP contribution in [0.5, 0.6) is 0 Å². The molecule has 5 heteroatoms. The van der Waals surface area contributed by atoms with E-state index in [1.807, 2.05) is 24.3 Å². The predicted octanol–water partition coefficient (Wildman–Crippen LogP) is 5.07. The lowest BCUT2D eigenvalue weighted by atomic mass is 10.0. The van der Waals surface area contributed by atoms with Crippen LogP contribution in [0.1, 0.15) is 12.0 Å². The van der Waals surface area contributed by atoms with Gasteiger partial charge in [-0.3, -0.25) is 0 Å². The summed E-state index contributed by atoms with van der Waals surface area (Å²) in [5.41, 5.74) is 3.43. The van der Waals surface area contributed by atoms with Crippen LogP contribution in [0.15, 0.2) is 52.7 Å². The minimum Gasteiger partial charge on any atom is -0.385 e. The summed E-state index contributed by atoms with van der Waals surface area (Å²) in [4.78, 5) is 0. The first-order valence-electron chi connectivity index (χ1n) is 7.03. The molecule has 2 aromatic carbocycles. The molecule has 1 aliphatic heterocycles. The highest BCUT2D eigenvalue weighted by molar-refractivity contribution is 7.13. The van der Waals surface area contributed by atoms with Crippen LogP contribution in [0.2, 0.25) is 0 Å². The first-order valence-corrected chi connectivity index (χ1v) is 7.80. The Labute approximate surface area is 126 Å². The van der Waals surface area contributed by atoms with Gasteiger partial charge in [0.25, 0.3) is 0 Å². The summed E-state index contributed by atoms with van der Waals surface area (Å²) in [5, 5.41) is 13.1. The molecule has 0 fully saturated rings. The highest BCUT2D eigenvalue weighted by Crippen LogP contribution is 2.31. The number of benzene rings is 2. The van der Waals surface area contributed by atoms with Crippen LogP contribution < -0.4 is 5.32 Å². The maximum Gasteiger partial charge on any atom is 0.195 e. The van der Waals surface area contributed by atoms with E-state index in [2.05, 4.69) is 38.1 Å². The molecule has 104 valence electrons. The van der Waals surface area contributed by atoms with Crippen LogP contribution in [0.3, 0.4) is 0 Å². The molecule has 3 aromatic rings. The van der Waals surface area contributed by atoms with Gasteiger partial charge in [-0.05, 0) is 60.3 Å². The quantitative estimate of drug-likeness (QED) is 0.671. The molecule has 0 atom stereocenters. The number of aromatic nitrogens is 1. The summed E-state index contributed by atoms with van der Waals surface area (Å²) in [7, 11) is 0. The maximum atomic E-state index is 4.37. The van der Waals surface area contributed by atoms with Gasteiger partial charge in [-0.25, -0.2) is 0 Å². The van der Waals surface area contributed by atoms with Crippen molar-refractivity contribution < 1.29 is 0 Å². The molecule has 4 nitrogen and oxygen atoms in total. The summed E-state index contributed by atoms with van der Waals surface area (Å²) >= 11 is 1.46. The van der Waals surface area contributed by atoms with Gasteiger partial charge in [-0.1, -0.05) is 12.1 Å². The number of rotatable bonds is 2. The lowest BCUT2D eigenvalue weighted by Gasteiger charge is -2.17. The third kappa shape index (κ3) is 2.40. The molecule has 2 heterocycles. The molecule has 1 aliphatic rings. The van der Waals surface area contributed by atoms with Crippen molar-refractivity contribution in [2.75, 3.05) is 11.9 Å². The molecule has 0 unspecified atom stereocenters. The molecular formula is C16H14N4S. The fourth-order valence-corrected chi connectivity index (χ4v) is 3.29. The Kier molecular flexibility index (Phi) is 3.12. The molecule has 1 N–H and O–H groups in total. The van der Waals surface area contributed by atoms with E-state index >= 15 is 0 Å². The first kappa shape index (κ1) is 12.5. The van der Waals surface area contributed by atoms with Crippen LogP contribution in [-0.2, 0) is 6.42 Å². The summed E-state index contributed by atoms with van der Waals surface area (Å²) in [5.74, 6) is 0.700. The number of azo groups is 1. The monoisotopic (exact) mass is 294 g/mol. The van der Waals surface area contributed by atoms with Crippen LogP contribution in [0.25, 0.3) is 10.1 Å². The average Bonchev–Trinajstić information content (AvgIpc) is 2.96. The van der Waals surface area contributed by atoms with E-state index in [9.17, 15) is 0 Å². The van der Waals surface area contributed by atoms with E-state index in [0.29, 0.717) is 5.82 Å². The third-order valence-electron chi connectivity index (χ3n) is 3.65. The normalized spacial score (nSPS) is 14.3. The van der Waals surface area contributed by atoms with Crippen molar-refractivity contribution in [3.8, 4) is 0 Å². The lowest BCUT2D eigenvalue weighted by Crippen LogP contribution is -2.10. The van der Waals surface area contributed by atoms with Gasteiger partial charge in [-0.15, -0.1) is 10.2 Å². The van der Waals surface area contributed by atoms with Gasteiger partial charge in [0.05, 0.1) is 10.4 Å². The molecule has 0 bridgehead atoms. The van der Waals surface area contributed by atoms with E-state index in [1.165, 1.54) is 29.2 Å². The number of nitrogens with zero attached hydrogens (tertiary/aromatic N) is 3. The molecule has 4 rings (SSSR count). The molecule has 0 amide bonds. The van der Waals surface area contributed by atoms with Crippen molar-refractivity contribution >= 4 is 38.8 Å². The van der Waals surface area contributed by atoms with Crippen molar-refractivity contribution in [2.45, 2.75) is 12.8 Å². The molecule has 1 aromatic heterocycles. The number of nitrogens with one attached hydrogen (secondary N) is 1. The van der Waals surface area contributed by atoms with Crippen molar-refractivity contribution in [3.05, 3.63) is 48.0 Å². The molecule has 0 radical (unpaired) electrons. The summed E-state index contributed by atoms with van der Waals surface area (Å²) in [6.07, 6.45) is 2.27. The van der Waals surface area contributed by atoms with E-state index in [-0.39, 0.29) is 0 Å². The van der Waals surface area contributed by atoms with Gasteiger partial charge in [-0.2, -0.15) is 4.37 Å². The Morgan fingerprint density at radius 1 is 1.10 bits per heavy atom. The van der Waals surface area contributed by atoms with Gasteiger partial charge in [0.2, 0.25) is 0 Å². The highest BCUT2D eigenvalue weighted by atomic mass is 32.1. The van der Waals surface area contributed by atoms with Gasteiger partial charge >= 0.3 is 0 Å². The number of hydrogen-bond acceptors (Lipinski definition) is 5. The van der Waals surface area contributed by atoms with Gasteiger partial charge in [0.15, 0.2) is 5.82 Å². The van der Waals surface area contributed by atoms with E-state index in [1.54, 1.807) is 0 Å². The first-order chi connectivity index (χ1) is 10.4. The fraction of sp³-hybridized carbons (Fsp3) is 0.188. The SMILES string of the molecule is c1ccc2c(N=Nc3ccc4c(c3)CCCN4)nsc2c1. The topological polar surface area (TPSA) is 49.6 Å². The zero-order valence-electron chi connectivity index (χ0n) is 11.4. The van der Waals surface area contributed by atoms with Crippen molar-refractivity contribution in [1.29, 1.82) is 0 Å². The predicted molar refractivity (Wildman–Crippen MR) is 87.0 cm³/mol. The second-order valence-corrected chi connectivity index (χ2v) is 5.88. The van der Waals surface area contributed by atoms with E-state index in [0.717, 1.165) is 28.7 Å². The van der Waals surface area contributed by atoms with Gasteiger partial charge < -0.3 is 5.32 Å². The second kappa shape index (κ2) is 5.26. The highest BCUT2D eigenvalue weighted by Gasteiger charge is 2.09. The molecule has 21 heavy (non-hydrogen) atoms. The summed E-state index contributed by atoms with van der Waals surface area (Å²) in [6, 6.07) is 14.3. The van der Waals surface area contributed by atoms with E-state index in [4.69, 9.17) is 0 Å².